The topological polar surface area (TPSA) is 75.6 Å². The summed E-state index contributed by atoms with van der Waals surface area (Å²) in [6.45, 7) is 2.97. The molecule has 1 aromatic rings. The van der Waals surface area contributed by atoms with Crippen molar-refractivity contribution in [3.63, 3.8) is 0 Å². The molecule has 0 unspecified atom stereocenters. The minimum Gasteiger partial charge on any atom is -0.375 e. The fourth-order valence-corrected chi connectivity index (χ4v) is 3.83. The van der Waals surface area contributed by atoms with Crippen LogP contribution in [0.2, 0.25) is 0 Å². The Morgan fingerprint density at radius 3 is 2.71 bits per heavy atom. The van der Waals surface area contributed by atoms with Gasteiger partial charge in [0, 0.05) is 44.5 Å². The van der Waals surface area contributed by atoms with Crippen molar-refractivity contribution in [3.8, 4) is 0 Å². The summed E-state index contributed by atoms with van der Waals surface area (Å²) in [6, 6.07) is 1.79. The summed E-state index contributed by atoms with van der Waals surface area (Å²) < 4.78 is 30.9. The molecule has 0 aromatic carbocycles. The summed E-state index contributed by atoms with van der Waals surface area (Å²) in [7, 11) is -3.15. The van der Waals surface area contributed by atoms with Gasteiger partial charge in [0.1, 0.15) is 0 Å². The summed E-state index contributed by atoms with van der Waals surface area (Å²) in [4.78, 5) is 10.6. The standard InChI is InChI=1S/C13H20N4O3S/c1-21(18,19)17-7-8-20-12-10-16(6-3-11(12)9-17)13-14-4-2-5-15-13/h2,4-5,11-12H,3,6-10H2,1H3/t11-,12-/m1/s1. The number of ether oxygens (including phenoxy) is 1. The molecular weight excluding hydrogens is 292 g/mol. The average molecular weight is 312 g/mol. The summed E-state index contributed by atoms with van der Waals surface area (Å²) in [5.41, 5.74) is 0. The highest BCUT2D eigenvalue weighted by molar-refractivity contribution is 7.88. The monoisotopic (exact) mass is 312 g/mol. The molecule has 3 rings (SSSR count). The molecule has 0 saturated carbocycles. The predicted octanol–water partition coefficient (Wildman–Crippen LogP) is -0.0367. The van der Waals surface area contributed by atoms with Crippen molar-refractivity contribution < 1.29 is 13.2 Å². The van der Waals surface area contributed by atoms with Crippen LogP contribution >= 0.6 is 0 Å². The van der Waals surface area contributed by atoms with Crippen LogP contribution in [0, 0.1) is 5.92 Å². The first-order valence-corrected chi connectivity index (χ1v) is 8.97. The molecule has 0 amide bonds. The van der Waals surface area contributed by atoms with E-state index in [1.807, 2.05) is 0 Å². The lowest BCUT2D eigenvalue weighted by atomic mass is 9.94. The molecule has 7 nitrogen and oxygen atoms in total. The van der Waals surface area contributed by atoms with Gasteiger partial charge >= 0.3 is 0 Å². The second-order valence-corrected chi connectivity index (χ2v) is 7.56. The molecule has 8 heteroatoms. The van der Waals surface area contributed by atoms with E-state index in [0.29, 0.717) is 32.2 Å². The Balaban J connectivity index is 1.71. The summed E-state index contributed by atoms with van der Waals surface area (Å²) in [5, 5.41) is 0. The van der Waals surface area contributed by atoms with Gasteiger partial charge in [0.2, 0.25) is 16.0 Å². The number of fused-ring (bicyclic) bond motifs is 1. The molecule has 2 aliphatic heterocycles. The van der Waals surface area contributed by atoms with Crippen LogP contribution in [-0.4, -0.2) is 67.8 Å². The van der Waals surface area contributed by atoms with Crippen LogP contribution in [0.4, 0.5) is 5.95 Å². The quantitative estimate of drug-likeness (QED) is 0.763. The maximum absolute atomic E-state index is 11.7. The Morgan fingerprint density at radius 1 is 1.24 bits per heavy atom. The van der Waals surface area contributed by atoms with Crippen LogP contribution in [0.15, 0.2) is 18.5 Å². The van der Waals surface area contributed by atoms with Gasteiger partial charge in [0.15, 0.2) is 0 Å². The molecule has 0 aliphatic carbocycles. The number of anilines is 1. The summed E-state index contributed by atoms with van der Waals surface area (Å²) in [6.07, 6.45) is 5.64. The first kappa shape index (κ1) is 14.7. The number of rotatable bonds is 2. The number of aromatic nitrogens is 2. The Hall–Kier alpha value is -1.25. The third-order valence-corrected chi connectivity index (χ3v) is 5.38. The van der Waals surface area contributed by atoms with E-state index in [1.54, 1.807) is 18.5 Å². The zero-order valence-electron chi connectivity index (χ0n) is 12.1. The second-order valence-electron chi connectivity index (χ2n) is 5.57. The van der Waals surface area contributed by atoms with E-state index in [4.69, 9.17) is 4.74 Å². The molecular formula is C13H20N4O3S. The lowest BCUT2D eigenvalue weighted by Gasteiger charge is -2.37. The Kier molecular flexibility index (Phi) is 4.10. The van der Waals surface area contributed by atoms with E-state index in [-0.39, 0.29) is 12.0 Å². The summed E-state index contributed by atoms with van der Waals surface area (Å²) >= 11 is 0. The molecule has 0 spiro atoms. The molecule has 2 atom stereocenters. The fourth-order valence-electron chi connectivity index (χ4n) is 2.96. The van der Waals surface area contributed by atoms with Gasteiger partial charge in [0.05, 0.1) is 19.0 Å². The summed E-state index contributed by atoms with van der Waals surface area (Å²) in [5.74, 6) is 0.950. The SMILES string of the molecule is CS(=O)(=O)N1CCO[C@@H]2CN(c3ncccn3)CC[C@@H]2C1. The Morgan fingerprint density at radius 2 is 2.00 bits per heavy atom. The van der Waals surface area contributed by atoms with E-state index in [2.05, 4.69) is 14.9 Å². The van der Waals surface area contributed by atoms with Gasteiger partial charge in [-0.1, -0.05) is 0 Å². The number of sulfonamides is 1. The average Bonchev–Trinajstić information content (AvgIpc) is 2.69. The molecule has 2 aliphatic rings. The highest BCUT2D eigenvalue weighted by Crippen LogP contribution is 2.26. The van der Waals surface area contributed by atoms with E-state index in [1.165, 1.54) is 10.6 Å². The van der Waals surface area contributed by atoms with Gasteiger partial charge in [-0.25, -0.2) is 18.4 Å². The lowest BCUT2D eigenvalue weighted by molar-refractivity contribution is 0.0249. The molecule has 0 radical (unpaired) electrons. The van der Waals surface area contributed by atoms with Gasteiger partial charge < -0.3 is 9.64 Å². The largest absolute Gasteiger partial charge is 0.375 e. The number of hydrogen-bond donors (Lipinski definition) is 0. The van der Waals surface area contributed by atoms with Gasteiger partial charge in [-0.15, -0.1) is 0 Å². The molecule has 21 heavy (non-hydrogen) atoms. The van der Waals surface area contributed by atoms with Crippen LogP contribution in [0.5, 0.6) is 0 Å². The second kappa shape index (κ2) is 5.86. The van der Waals surface area contributed by atoms with Crippen molar-refractivity contribution in [1.82, 2.24) is 14.3 Å². The van der Waals surface area contributed by atoms with Crippen LogP contribution in [-0.2, 0) is 14.8 Å². The van der Waals surface area contributed by atoms with Crippen molar-refractivity contribution in [2.45, 2.75) is 12.5 Å². The Labute approximate surface area is 125 Å². The first-order valence-electron chi connectivity index (χ1n) is 7.13. The Bertz CT molecular complexity index is 580. The maximum Gasteiger partial charge on any atom is 0.225 e. The maximum atomic E-state index is 11.7. The molecule has 2 saturated heterocycles. The van der Waals surface area contributed by atoms with Gasteiger partial charge in [-0.2, -0.15) is 4.31 Å². The normalized spacial score (nSPS) is 28.0. The number of nitrogens with zero attached hydrogens (tertiary/aromatic N) is 4. The zero-order valence-corrected chi connectivity index (χ0v) is 12.9. The van der Waals surface area contributed by atoms with Gasteiger partial charge in [-0.3, -0.25) is 0 Å². The van der Waals surface area contributed by atoms with E-state index >= 15 is 0 Å². The highest BCUT2D eigenvalue weighted by atomic mass is 32.2. The third kappa shape index (κ3) is 3.33. The third-order valence-electron chi connectivity index (χ3n) is 4.11. The minimum absolute atomic E-state index is 0.0364. The molecule has 3 heterocycles. The minimum atomic E-state index is -3.15. The zero-order chi connectivity index (χ0) is 14.9. The number of piperidine rings is 1. The van der Waals surface area contributed by atoms with Crippen LogP contribution in [0.25, 0.3) is 0 Å². The fraction of sp³-hybridized carbons (Fsp3) is 0.692. The van der Waals surface area contributed by atoms with Crippen molar-refractivity contribution in [2.75, 3.05) is 43.9 Å². The molecule has 0 bridgehead atoms. The van der Waals surface area contributed by atoms with Gasteiger partial charge in [0.25, 0.3) is 0 Å². The predicted molar refractivity (Wildman–Crippen MR) is 78.5 cm³/mol. The van der Waals surface area contributed by atoms with Crippen molar-refractivity contribution in [1.29, 1.82) is 0 Å². The van der Waals surface area contributed by atoms with E-state index in [0.717, 1.165) is 13.0 Å². The van der Waals surface area contributed by atoms with Crippen molar-refractivity contribution >= 4 is 16.0 Å². The van der Waals surface area contributed by atoms with Crippen LogP contribution < -0.4 is 4.90 Å². The molecule has 1 aromatic heterocycles. The van der Waals surface area contributed by atoms with Gasteiger partial charge in [-0.05, 0) is 12.5 Å². The van der Waals surface area contributed by atoms with Crippen LogP contribution in [0.1, 0.15) is 6.42 Å². The van der Waals surface area contributed by atoms with Crippen molar-refractivity contribution in [2.24, 2.45) is 5.92 Å². The van der Waals surface area contributed by atoms with E-state index in [9.17, 15) is 8.42 Å². The first-order chi connectivity index (χ1) is 10.0. The molecule has 2 fully saturated rings. The van der Waals surface area contributed by atoms with E-state index < -0.39 is 10.0 Å². The van der Waals surface area contributed by atoms with Crippen LogP contribution in [0.3, 0.4) is 0 Å². The van der Waals surface area contributed by atoms with Crippen molar-refractivity contribution in [3.05, 3.63) is 18.5 Å². The molecule has 0 N–H and O–H groups in total. The highest BCUT2D eigenvalue weighted by Gasteiger charge is 2.36. The molecule has 116 valence electrons. The lowest BCUT2D eigenvalue weighted by Crippen LogP contribution is -2.48. The smallest absolute Gasteiger partial charge is 0.225 e. The number of hydrogen-bond acceptors (Lipinski definition) is 6.